The summed E-state index contributed by atoms with van der Waals surface area (Å²) in [6, 6.07) is 22.1. The SMILES string of the molecule is O=c1c2ncn3nc(-c4ccccc4)cc3c2c(C2CCCC2)nn1Cc1ccccc1. The number of nitrogens with zero attached hydrogens (tertiary/aromatic N) is 5. The Kier molecular flexibility index (Phi) is 4.56. The summed E-state index contributed by atoms with van der Waals surface area (Å²) >= 11 is 0. The van der Waals surface area contributed by atoms with Crippen molar-refractivity contribution < 1.29 is 0 Å². The van der Waals surface area contributed by atoms with Gasteiger partial charge < -0.3 is 0 Å². The fourth-order valence-electron chi connectivity index (χ4n) is 4.83. The second kappa shape index (κ2) is 7.71. The van der Waals surface area contributed by atoms with Gasteiger partial charge in [0.25, 0.3) is 5.56 Å². The van der Waals surface area contributed by atoms with E-state index >= 15 is 0 Å². The minimum atomic E-state index is -0.157. The minimum absolute atomic E-state index is 0.157. The molecular formula is C26H23N5O. The number of benzene rings is 2. The van der Waals surface area contributed by atoms with Gasteiger partial charge in [0.05, 0.1) is 28.8 Å². The second-order valence-corrected chi connectivity index (χ2v) is 8.51. The van der Waals surface area contributed by atoms with Crippen LogP contribution in [0, 0.1) is 0 Å². The molecule has 0 unspecified atom stereocenters. The van der Waals surface area contributed by atoms with Crippen molar-refractivity contribution >= 4 is 16.4 Å². The van der Waals surface area contributed by atoms with E-state index in [1.807, 2.05) is 60.7 Å². The highest BCUT2D eigenvalue weighted by Crippen LogP contribution is 2.37. The van der Waals surface area contributed by atoms with E-state index in [-0.39, 0.29) is 5.56 Å². The number of hydrogen-bond donors (Lipinski definition) is 0. The molecule has 0 radical (unpaired) electrons. The van der Waals surface area contributed by atoms with Gasteiger partial charge in [-0.15, -0.1) is 0 Å². The predicted octanol–water partition coefficient (Wildman–Crippen LogP) is 4.81. The zero-order chi connectivity index (χ0) is 21.5. The first-order valence-corrected chi connectivity index (χ1v) is 11.2. The van der Waals surface area contributed by atoms with Crippen LogP contribution in [0.3, 0.4) is 0 Å². The zero-order valence-electron chi connectivity index (χ0n) is 17.7. The highest BCUT2D eigenvalue weighted by Gasteiger charge is 2.25. The largest absolute Gasteiger partial charge is 0.293 e. The lowest BCUT2D eigenvalue weighted by molar-refractivity contribution is 0.591. The lowest BCUT2D eigenvalue weighted by Crippen LogP contribution is -2.27. The summed E-state index contributed by atoms with van der Waals surface area (Å²) in [7, 11) is 0. The number of fused-ring (bicyclic) bond motifs is 3. The molecule has 6 rings (SSSR count). The molecule has 3 aromatic heterocycles. The van der Waals surface area contributed by atoms with Crippen LogP contribution in [0.4, 0.5) is 0 Å². The molecule has 0 amide bonds. The van der Waals surface area contributed by atoms with Crippen LogP contribution in [0.2, 0.25) is 0 Å². The monoisotopic (exact) mass is 421 g/mol. The first-order valence-electron chi connectivity index (χ1n) is 11.2. The lowest BCUT2D eigenvalue weighted by Gasteiger charge is -2.15. The van der Waals surface area contributed by atoms with Crippen LogP contribution in [-0.4, -0.2) is 24.4 Å². The van der Waals surface area contributed by atoms with E-state index in [0.29, 0.717) is 18.0 Å². The predicted molar refractivity (Wildman–Crippen MR) is 125 cm³/mol. The number of rotatable bonds is 4. The van der Waals surface area contributed by atoms with Crippen molar-refractivity contribution in [3.63, 3.8) is 0 Å². The Balaban J connectivity index is 1.60. The molecule has 0 spiro atoms. The summed E-state index contributed by atoms with van der Waals surface area (Å²) in [5, 5.41) is 10.5. The first-order chi connectivity index (χ1) is 15.8. The van der Waals surface area contributed by atoms with Crippen molar-refractivity contribution in [2.45, 2.75) is 38.1 Å². The molecule has 32 heavy (non-hydrogen) atoms. The van der Waals surface area contributed by atoms with Gasteiger partial charge in [-0.3, -0.25) is 4.79 Å². The molecule has 0 bridgehead atoms. The average Bonchev–Trinajstić information content (AvgIpc) is 3.52. The first kappa shape index (κ1) is 18.9. The van der Waals surface area contributed by atoms with Crippen molar-refractivity contribution in [2.75, 3.05) is 0 Å². The smallest absolute Gasteiger partial charge is 0.265 e. The molecule has 1 aliphatic rings. The van der Waals surface area contributed by atoms with Crippen molar-refractivity contribution in [1.29, 1.82) is 0 Å². The molecule has 1 fully saturated rings. The van der Waals surface area contributed by atoms with E-state index in [2.05, 4.69) is 11.1 Å². The van der Waals surface area contributed by atoms with E-state index < -0.39 is 0 Å². The van der Waals surface area contributed by atoms with Gasteiger partial charge in [0, 0.05) is 11.5 Å². The van der Waals surface area contributed by atoms with Gasteiger partial charge in [-0.05, 0) is 24.5 Å². The third-order valence-electron chi connectivity index (χ3n) is 6.43. The Morgan fingerprint density at radius 2 is 1.62 bits per heavy atom. The molecule has 1 saturated carbocycles. The number of aromatic nitrogens is 5. The van der Waals surface area contributed by atoms with Crippen molar-refractivity contribution in [3.8, 4) is 11.3 Å². The maximum Gasteiger partial charge on any atom is 0.293 e. The molecule has 0 atom stereocenters. The maximum absolute atomic E-state index is 13.4. The van der Waals surface area contributed by atoms with E-state index in [4.69, 9.17) is 10.2 Å². The quantitative estimate of drug-likeness (QED) is 0.418. The van der Waals surface area contributed by atoms with E-state index in [9.17, 15) is 4.79 Å². The van der Waals surface area contributed by atoms with Gasteiger partial charge in [-0.25, -0.2) is 14.2 Å². The molecule has 6 nitrogen and oxygen atoms in total. The maximum atomic E-state index is 13.4. The van der Waals surface area contributed by atoms with Crippen LogP contribution < -0.4 is 5.56 Å². The Morgan fingerprint density at radius 3 is 2.38 bits per heavy atom. The van der Waals surface area contributed by atoms with Gasteiger partial charge in [0.2, 0.25) is 0 Å². The fraction of sp³-hybridized carbons (Fsp3) is 0.231. The topological polar surface area (TPSA) is 65.1 Å². The van der Waals surface area contributed by atoms with Crippen molar-refractivity contribution in [3.05, 3.63) is 94.7 Å². The van der Waals surface area contributed by atoms with E-state index in [1.54, 1.807) is 15.5 Å². The molecular weight excluding hydrogens is 398 g/mol. The third-order valence-corrected chi connectivity index (χ3v) is 6.43. The van der Waals surface area contributed by atoms with E-state index in [0.717, 1.165) is 46.3 Å². The van der Waals surface area contributed by atoms with Crippen molar-refractivity contribution in [2.24, 2.45) is 0 Å². The van der Waals surface area contributed by atoms with Gasteiger partial charge in [0.1, 0.15) is 11.8 Å². The normalized spacial score (nSPS) is 14.5. The molecule has 0 N–H and O–H groups in total. The fourth-order valence-corrected chi connectivity index (χ4v) is 4.83. The molecule has 0 saturated heterocycles. The van der Waals surface area contributed by atoms with Crippen molar-refractivity contribution in [1.82, 2.24) is 24.4 Å². The van der Waals surface area contributed by atoms with Crippen LogP contribution in [0.5, 0.6) is 0 Å². The molecule has 5 aromatic rings. The van der Waals surface area contributed by atoms with Gasteiger partial charge in [0.15, 0.2) is 0 Å². The summed E-state index contributed by atoms with van der Waals surface area (Å²) in [5.41, 5.74) is 5.15. The number of hydrogen-bond acceptors (Lipinski definition) is 4. The highest BCUT2D eigenvalue weighted by molar-refractivity contribution is 5.96. The summed E-state index contributed by atoms with van der Waals surface area (Å²) in [6.45, 7) is 0.441. The van der Waals surface area contributed by atoms with Crippen LogP contribution in [-0.2, 0) is 6.54 Å². The summed E-state index contributed by atoms with van der Waals surface area (Å²) < 4.78 is 3.37. The third kappa shape index (κ3) is 3.19. The Morgan fingerprint density at radius 1 is 0.906 bits per heavy atom. The summed E-state index contributed by atoms with van der Waals surface area (Å²) in [5.74, 6) is 0.336. The Hall–Kier alpha value is -3.80. The molecule has 158 valence electrons. The summed E-state index contributed by atoms with van der Waals surface area (Å²) in [4.78, 5) is 18.0. The Bertz CT molecular complexity index is 1460. The van der Waals surface area contributed by atoms with Gasteiger partial charge >= 0.3 is 0 Å². The molecule has 6 heteroatoms. The molecule has 0 aliphatic heterocycles. The van der Waals surface area contributed by atoms with Crippen LogP contribution in [0.15, 0.2) is 77.9 Å². The van der Waals surface area contributed by atoms with E-state index in [1.165, 1.54) is 12.8 Å². The molecule has 2 aromatic carbocycles. The highest BCUT2D eigenvalue weighted by atomic mass is 16.1. The van der Waals surface area contributed by atoms with Gasteiger partial charge in [-0.1, -0.05) is 73.5 Å². The Labute approximate surface area is 185 Å². The summed E-state index contributed by atoms with van der Waals surface area (Å²) in [6.07, 6.45) is 6.21. The zero-order valence-corrected chi connectivity index (χ0v) is 17.7. The molecule has 3 heterocycles. The van der Waals surface area contributed by atoms with Crippen LogP contribution in [0.1, 0.15) is 42.9 Å². The van der Waals surface area contributed by atoms with Gasteiger partial charge in [-0.2, -0.15) is 10.2 Å². The average molecular weight is 422 g/mol. The van der Waals surface area contributed by atoms with Crippen LogP contribution in [0.25, 0.3) is 27.7 Å². The molecule has 1 aliphatic carbocycles. The van der Waals surface area contributed by atoms with Crippen LogP contribution >= 0.6 is 0 Å². The standard InChI is InChI=1S/C26H23N5O/c32-26-25-23(22-15-21(28-31(22)17-27-25)19-11-5-2-6-12-19)24(20-13-7-8-14-20)29-30(26)16-18-9-3-1-4-10-18/h1-6,9-12,15,17,20H,7-8,13-14,16H2. The minimum Gasteiger partial charge on any atom is -0.265 e. The second-order valence-electron chi connectivity index (χ2n) is 8.51. The lowest BCUT2D eigenvalue weighted by atomic mass is 9.99.